The van der Waals surface area contributed by atoms with Gasteiger partial charge in [-0.3, -0.25) is 4.79 Å². The summed E-state index contributed by atoms with van der Waals surface area (Å²) in [5.74, 6) is 0.360. The molecule has 1 aliphatic carbocycles. The molecule has 0 aromatic heterocycles. The number of hydrogen-bond donors (Lipinski definition) is 1. The van der Waals surface area contributed by atoms with Crippen LogP contribution in [0.5, 0.6) is 5.75 Å². The third-order valence-electron chi connectivity index (χ3n) is 4.03. The maximum Gasteiger partial charge on any atom is 0.263 e. The Hall–Kier alpha value is -1.26. The standard InChI is InChI=1S/C16H22ClNO3/c1-11(21-15-10-6-3-7-12(15)17)16(20)18(2)13-8-4-5-9-14(13)19/h3,6-7,10-11,13-14,19H,4-5,8-9H2,1-2H3/t11-,13+,14-/m0/s1. The summed E-state index contributed by atoms with van der Waals surface area (Å²) in [7, 11) is 1.73. The van der Waals surface area contributed by atoms with E-state index >= 15 is 0 Å². The lowest BCUT2D eigenvalue weighted by Gasteiger charge is -2.36. The van der Waals surface area contributed by atoms with Crippen LogP contribution < -0.4 is 4.74 Å². The van der Waals surface area contributed by atoms with Crippen LogP contribution in [0.3, 0.4) is 0 Å². The molecule has 5 heteroatoms. The van der Waals surface area contributed by atoms with E-state index in [1.165, 1.54) is 0 Å². The quantitative estimate of drug-likeness (QED) is 0.930. The summed E-state index contributed by atoms with van der Waals surface area (Å²) in [6, 6.07) is 6.97. The van der Waals surface area contributed by atoms with E-state index in [0.29, 0.717) is 10.8 Å². The van der Waals surface area contributed by atoms with Gasteiger partial charge in [-0.15, -0.1) is 0 Å². The van der Waals surface area contributed by atoms with Gasteiger partial charge in [-0.05, 0) is 31.9 Å². The Labute approximate surface area is 130 Å². The van der Waals surface area contributed by atoms with Gasteiger partial charge in [0.15, 0.2) is 6.10 Å². The highest BCUT2D eigenvalue weighted by Crippen LogP contribution is 2.26. The summed E-state index contributed by atoms with van der Waals surface area (Å²) in [6.07, 6.45) is 2.57. The van der Waals surface area contributed by atoms with Gasteiger partial charge in [0.2, 0.25) is 0 Å². The first-order valence-corrected chi connectivity index (χ1v) is 7.74. The number of rotatable bonds is 4. The molecule has 1 aliphatic rings. The highest BCUT2D eigenvalue weighted by molar-refractivity contribution is 6.32. The largest absolute Gasteiger partial charge is 0.479 e. The number of nitrogens with zero attached hydrogens (tertiary/aromatic N) is 1. The molecule has 1 saturated carbocycles. The predicted octanol–water partition coefficient (Wildman–Crippen LogP) is 2.87. The fourth-order valence-corrected chi connectivity index (χ4v) is 2.96. The smallest absolute Gasteiger partial charge is 0.263 e. The van der Waals surface area contributed by atoms with E-state index in [-0.39, 0.29) is 11.9 Å². The van der Waals surface area contributed by atoms with E-state index in [4.69, 9.17) is 16.3 Å². The molecule has 3 atom stereocenters. The van der Waals surface area contributed by atoms with Crippen molar-refractivity contribution in [2.45, 2.75) is 50.9 Å². The molecule has 0 saturated heterocycles. The van der Waals surface area contributed by atoms with Gasteiger partial charge in [0.05, 0.1) is 17.2 Å². The molecule has 1 N–H and O–H groups in total. The lowest BCUT2D eigenvalue weighted by Crippen LogP contribution is -2.50. The summed E-state index contributed by atoms with van der Waals surface area (Å²) in [5.41, 5.74) is 0. The van der Waals surface area contributed by atoms with E-state index in [2.05, 4.69) is 0 Å². The Morgan fingerprint density at radius 2 is 2.05 bits per heavy atom. The normalized spacial score (nSPS) is 23.4. The van der Waals surface area contributed by atoms with Gasteiger partial charge in [0.1, 0.15) is 5.75 Å². The van der Waals surface area contributed by atoms with E-state index in [0.717, 1.165) is 25.7 Å². The monoisotopic (exact) mass is 311 g/mol. The first-order chi connectivity index (χ1) is 10.0. The number of halogens is 1. The summed E-state index contributed by atoms with van der Waals surface area (Å²) in [5, 5.41) is 10.5. The highest BCUT2D eigenvalue weighted by atomic mass is 35.5. The summed E-state index contributed by atoms with van der Waals surface area (Å²) in [4.78, 5) is 14.1. The van der Waals surface area contributed by atoms with Crippen molar-refractivity contribution >= 4 is 17.5 Å². The minimum Gasteiger partial charge on any atom is -0.479 e. The second kappa shape index (κ2) is 7.14. The van der Waals surface area contributed by atoms with Gasteiger partial charge in [0.25, 0.3) is 5.91 Å². The van der Waals surface area contributed by atoms with Crippen LogP contribution in [0.25, 0.3) is 0 Å². The van der Waals surface area contributed by atoms with E-state index in [9.17, 15) is 9.90 Å². The highest BCUT2D eigenvalue weighted by Gasteiger charge is 2.32. The van der Waals surface area contributed by atoms with Gasteiger partial charge >= 0.3 is 0 Å². The van der Waals surface area contributed by atoms with Gasteiger partial charge in [-0.1, -0.05) is 36.6 Å². The number of hydrogen-bond acceptors (Lipinski definition) is 3. The number of likely N-dealkylation sites (N-methyl/N-ethyl adjacent to an activating group) is 1. The molecule has 2 rings (SSSR count). The molecule has 1 amide bonds. The Bertz CT molecular complexity index is 494. The molecule has 1 fully saturated rings. The van der Waals surface area contributed by atoms with Crippen molar-refractivity contribution in [3.05, 3.63) is 29.3 Å². The minimum atomic E-state index is -0.635. The van der Waals surface area contributed by atoms with Crippen LogP contribution in [0.4, 0.5) is 0 Å². The molecule has 21 heavy (non-hydrogen) atoms. The van der Waals surface area contributed by atoms with Gasteiger partial charge < -0.3 is 14.7 Å². The number of carbonyl (C=O) groups is 1. The molecule has 4 nitrogen and oxygen atoms in total. The van der Waals surface area contributed by atoms with Gasteiger partial charge in [0, 0.05) is 7.05 Å². The zero-order valence-electron chi connectivity index (χ0n) is 12.5. The first-order valence-electron chi connectivity index (χ1n) is 7.36. The molecular weight excluding hydrogens is 290 g/mol. The van der Waals surface area contributed by atoms with Crippen molar-refractivity contribution in [1.82, 2.24) is 4.90 Å². The van der Waals surface area contributed by atoms with Crippen LogP contribution in [0, 0.1) is 0 Å². The average Bonchev–Trinajstić information content (AvgIpc) is 2.48. The van der Waals surface area contributed by atoms with Crippen molar-refractivity contribution in [1.29, 1.82) is 0 Å². The van der Waals surface area contributed by atoms with Crippen LogP contribution >= 0.6 is 11.6 Å². The molecule has 0 heterocycles. The van der Waals surface area contributed by atoms with Crippen molar-refractivity contribution in [3.8, 4) is 5.75 Å². The lowest BCUT2D eigenvalue weighted by atomic mass is 9.91. The molecule has 0 radical (unpaired) electrons. The SMILES string of the molecule is C[C@H](Oc1ccccc1Cl)C(=O)N(C)[C@@H]1CCCC[C@@H]1O. The Kier molecular flexibility index (Phi) is 5.48. The van der Waals surface area contributed by atoms with Crippen molar-refractivity contribution in [3.63, 3.8) is 0 Å². The molecule has 0 spiro atoms. The Morgan fingerprint density at radius 3 is 2.71 bits per heavy atom. The number of carbonyl (C=O) groups excluding carboxylic acids is 1. The number of ether oxygens (including phenoxy) is 1. The molecule has 1 aromatic rings. The summed E-state index contributed by atoms with van der Waals surface area (Å²) in [6.45, 7) is 1.71. The third-order valence-corrected chi connectivity index (χ3v) is 4.34. The van der Waals surface area contributed by atoms with E-state index < -0.39 is 12.2 Å². The molecule has 0 bridgehead atoms. The number of aliphatic hydroxyl groups is 1. The number of benzene rings is 1. The molecular formula is C16H22ClNO3. The topological polar surface area (TPSA) is 49.8 Å². The average molecular weight is 312 g/mol. The van der Waals surface area contributed by atoms with Crippen LogP contribution in [0.2, 0.25) is 5.02 Å². The van der Waals surface area contributed by atoms with Crippen LogP contribution in [0.15, 0.2) is 24.3 Å². The lowest BCUT2D eigenvalue weighted by molar-refractivity contribution is -0.142. The summed E-state index contributed by atoms with van der Waals surface area (Å²) >= 11 is 6.03. The third kappa shape index (κ3) is 3.89. The molecule has 1 aromatic carbocycles. The zero-order chi connectivity index (χ0) is 15.4. The first kappa shape index (κ1) is 16.1. The van der Waals surface area contributed by atoms with Crippen molar-refractivity contribution in [2.75, 3.05) is 7.05 Å². The van der Waals surface area contributed by atoms with Gasteiger partial charge in [-0.25, -0.2) is 0 Å². The maximum atomic E-state index is 12.5. The number of aliphatic hydroxyl groups excluding tert-OH is 1. The zero-order valence-corrected chi connectivity index (χ0v) is 13.2. The molecule has 0 aliphatic heterocycles. The summed E-state index contributed by atoms with van der Waals surface area (Å²) < 4.78 is 5.65. The number of para-hydroxylation sites is 1. The fraction of sp³-hybridized carbons (Fsp3) is 0.562. The van der Waals surface area contributed by atoms with Crippen LogP contribution in [-0.4, -0.2) is 41.2 Å². The van der Waals surface area contributed by atoms with E-state index in [1.807, 2.05) is 12.1 Å². The minimum absolute atomic E-state index is 0.122. The molecule has 116 valence electrons. The maximum absolute atomic E-state index is 12.5. The molecule has 0 unspecified atom stereocenters. The second-order valence-electron chi connectivity index (χ2n) is 5.56. The van der Waals surface area contributed by atoms with E-state index in [1.54, 1.807) is 31.0 Å². The van der Waals surface area contributed by atoms with Crippen molar-refractivity contribution < 1.29 is 14.6 Å². The second-order valence-corrected chi connectivity index (χ2v) is 5.97. The fourth-order valence-electron chi connectivity index (χ4n) is 2.77. The number of amides is 1. The van der Waals surface area contributed by atoms with Crippen LogP contribution in [0.1, 0.15) is 32.6 Å². The van der Waals surface area contributed by atoms with Gasteiger partial charge in [-0.2, -0.15) is 0 Å². The van der Waals surface area contributed by atoms with Crippen LogP contribution in [-0.2, 0) is 4.79 Å². The Balaban J connectivity index is 2.00. The Morgan fingerprint density at radius 1 is 1.38 bits per heavy atom. The predicted molar refractivity (Wildman–Crippen MR) is 82.6 cm³/mol. The van der Waals surface area contributed by atoms with Crippen molar-refractivity contribution in [2.24, 2.45) is 0 Å².